The summed E-state index contributed by atoms with van der Waals surface area (Å²) < 4.78 is 12.7. The van der Waals surface area contributed by atoms with Gasteiger partial charge in [-0.05, 0) is 60.1 Å². The molecule has 0 bridgehead atoms. The van der Waals surface area contributed by atoms with Crippen molar-refractivity contribution >= 4 is 93.5 Å². The summed E-state index contributed by atoms with van der Waals surface area (Å²) in [5.74, 6) is -1.32. The minimum Gasteiger partial charge on any atom is -0.465 e. The summed E-state index contributed by atoms with van der Waals surface area (Å²) in [7, 11) is 0. The molecule has 0 aliphatic rings. The van der Waals surface area contributed by atoms with Gasteiger partial charge in [0, 0.05) is 21.6 Å². The van der Waals surface area contributed by atoms with Gasteiger partial charge in [0.2, 0.25) is 11.0 Å². The van der Waals surface area contributed by atoms with Gasteiger partial charge in [0.05, 0.1) is 29.1 Å². The monoisotopic (exact) mass is 639 g/mol. The number of fused-ring (bicyclic) bond motifs is 1. The van der Waals surface area contributed by atoms with Gasteiger partial charge in [-0.15, -0.1) is 10.2 Å². The lowest BCUT2D eigenvalue weighted by Gasteiger charge is -2.23. The Bertz CT molecular complexity index is 1290. The van der Waals surface area contributed by atoms with Crippen molar-refractivity contribution in [1.29, 1.82) is 0 Å². The molecule has 0 saturated carbocycles. The molecule has 0 aliphatic heterocycles. The maximum Gasteiger partial charge on any atom is 0.325 e. The van der Waals surface area contributed by atoms with E-state index in [0.29, 0.717) is 22.2 Å². The topological polar surface area (TPSA) is 123 Å². The molecule has 2 aromatic carbocycles. The zero-order valence-corrected chi connectivity index (χ0v) is 23.7. The van der Waals surface area contributed by atoms with Gasteiger partial charge >= 0.3 is 11.9 Å². The summed E-state index contributed by atoms with van der Waals surface area (Å²) in [6.07, 6.45) is 0. The maximum atomic E-state index is 12.1. The van der Waals surface area contributed by atoms with Crippen LogP contribution in [0.1, 0.15) is 20.8 Å². The molecule has 10 nitrogen and oxygen atoms in total. The Morgan fingerprint density at radius 1 is 1.03 bits per heavy atom. The molecule has 3 rings (SSSR count). The predicted molar refractivity (Wildman–Crippen MR) is 145 cm³/mol. The average molecular weight is 641 g/mol. The van der Waals surface area contributed by atoms with Gasteiger partial charge < -0.3 is 19.7 Å². The third kappa shape index (κ3) is 7.55. The van der Waals surface area contributed by atoms with Gasteiger partial charge in [0.1, 0.15) is 18.8 Å². The van der Waals surface area contributed by atoms with Gasteiger partial charge in [-0.25, -0.2) is 4.98 Å². The van der Waals surface area contributed by atoms with Crippen molar-refractivity contribution in [2.75, 3.05) is 36.5 Å². The molecule has 1 aromatic heterocycles. The molecule has 1 amide bonds. The van der Waals surface area contributed by atoms with E-state index in [0.717, 1.165) is 19.2 Å². The van der Waals surface area contributed by atoms with Gasteiger partial charge in [-0.2, -0.15) is 0 Å². The molecule has 0 atom stereocenters. The quantitative estimate of drug-likeness (QED) is 0.209. The number of halogens is 2. The van der Waals surface area contributed by atoms with Gasteiger partial charge in [-0.3, -0.25) is 14.4 Å². The van der Waals surface area contributed by atoms with Crippen molar-refractivity contribution in [3.8, 4) is 0 Å². The zero-order chi connectivity index (χ0) is 26.2. The fourth-order valence-corrected chi connectivity index (χ4v) is 5.60. The van der Waals surface area contributed by atoms with Crippen LogP contribution in [0.2, 0.25) is 0 Å². The highest BCUT2D eigenvalue weighted by Gasteiger charge is 2.19. The number of amides is 1. The standard InChI is InChI=1S/C23H23Br2N5O5S/c1-4-34-20(32)11-30(12-21(33)35-5-2)15-6-7-17(18(10-15)26-13(3)31)28-29-23-27-22-16(25)8-14(24)9-19(22)36-23/h6-10H,4-5,11-12H2,1-3H3,(H,26,31). The van der Waals surface area contributed by atoms with E-state index >= 15 is 0 Å². The first-order valence-corrected chi connectivity index (χ1v) is 13.3. The number of nitrogens with zero attached hydrogens (tertiary/aromatic N) is 4. The first kappa shape index (κ1) is 27.7. The Hall–Kier alpha value is -2.90. The summed E-state index contributed by atoms with van der Waals surface area (Å²) in [4.78, 5) is 42.2. The number of carbonyl (C=O) groups excluding carboxylic acids is 3. The highest BCUT2D eigenvalue weighted by atomic mass is 79.9. The second-order valence-electron chi connectivity index (χ2n) is 7.28. The van der Waals surface area contributed by atoms with E-state index in [1.807, 2.05) is 12.1 Å². The Balaban J connectivity index is 1.94. The van der Waals surface area contributed by atoms with Gasteiger partial charge in [0.15, 0.2) is 0 Å². The number of rotatable bonds is 10. The Kier molecular flexibility index (Phi) is 9.90. The lowest BCUT2D eigenvalue weighted by molar-refractivity contribution is -0.142. The Morgan fingerprint density at radius 2 is 1.69 bits per heavy atom. The van der Waals surface area contributed by atoms with Crippen LogP contribution in [0.15, 0.2) is 49.5 Å². The number of hydrogen-bond donors (Lipinski definition) is 1. The molecular weight excluding hydrogens is 618 g/mol. The highest BCUT2D eigenvalue weighted by Crippen LogP contribution is 2.37. The van der Waals surface area contributed by atoms with Crippen LogP contribution >= 0.6 is 43.2 Å². The first-order chi connectivity index (χ1) is 17.2. The van der Waals surface area contributed by atoms with Crippen LogP contribution in [0.5, 0.6) is 0 Å². The van der Waals surface area contributed by atoms with Crippen LogP contribution in [0.4, 0.5) is 22.2 Å². The summed E-state index contributed by atoms with van der Waals surface area (Å²) in [5.41, 5.74) is 1.99. The number of esters is 2. The maximum absolute atomic E-state index is 12.1. The second kappa shape index (κ2) is 12.9. The number of hydrogen-bond acceptors (Lipinski definition) is 10. The van der Waals surface area contributed by atoms with Crippen LogP contribution in [0.25, 0.3) is 10.2 Å². The van der Waals surface area contributed by atoms with Crippen LogP contribution in [0, 0.1) is 0 Å². The number of anilines is 2. The highest BCUT2D eigenvalue weighted by molar-refractivity contribution is 9.11. The lowest BCUT2D eigenvalue weighted by Crippen LogP contribution is -2.36. The second-order valence-corrected chi connectivity index (χ2v) is 10.1. The van der Waals surface area contributed by atoms with Gasteiger partial charge in [0.25, 0.3) is 0 Å². The molecule has 36 heavy (non-hydrogen) atoms. The van der Waals surface area contributed by atoms with Crippen molar-refractivity contribution < 1.29 is 23.9 Å². The number of carbonyl (C=O) groups is 3. The summed E-state index contributed by atoms with van der Waals surface area (Å²) >= 11 is 8.32. The van der Waals surface area contributed by atoms with Crippen LogP contribution in [-0.4, -0.2) is 49.1 Å². The molecule has 0 fully saturated rings. The van der Waals surface area contributed by atoms with Crippen molar-refractivity contribution in [3.63, 3.8) is 0 Å². The Labute approximate surface area is 228 Å². The normalized spacial score (nSPS) is 11.0. The van der Waals surface area contributed by atoms with Crippen molar-refractivity contribution in [2.45, 2.75) is 20.8 Å². The third-order valence-electron chi connectivity index (χ3n) is 4.55. The van der Waals surface area contributed by atoms with Crippen LogP contribution in [0.3, 0.4) is 0 Å². The first-order valence-electron chi connectivity index (χ1n) is 10.8. The van der Waals surface area contributed by atoms with Crippen LogP contribution < -0.4 is 10.2 Å². The van der Waals surface area contributed by atoms with E-state index in [-0.39, 0.29) is 32.2 Å². The summed E-state index contributed by atoms with van der Waals surface area (Å²) in [6, 6.07) is 8.75. The molecule has 0 unspecified atom stereocenters. The minimum absolute atomic E-state index is 0.177. The predicted octanol–water partition coefficient (Wildman–Crippen LogP) is 6.13. The molecule has 1 N–H and O–H groups in total. The van der Waals surface area contributed by atoms with E-state index < -0.39 is 11.9 Å². The number of ether oxygens (including phenoxy) is 2. The smallest absolute Gasteiger partial charge is 0.325 e. The number of thiazole rings is 1. The van der Waals surface area contributed by atoms with Crippen molar-refractivity contribution in [2.24, 2.45) is 10.2 Å². The number of aromatic nitrogens is 1. The molecule has 1 heterocycles. The number of nitrogens with one attached hydrogen (secondary N) is 1. The van der Waals surface area contributed by atoms with E-state index in [1.54, 1.807) is 32.0 Å². The van der Waals surface area contributed by atoms with Gasteiger partial charge in [-0.1, -0.05) is 27.3 Å². The van der Waals surface area contributed by atoms with Crippen LogP contribution in [-0.2, 0) is 23.9 Å². The summed E-state index contributed by atoms with van der Waals surface area (Å²) in [6.45, 7) is 4.83. The lowest BCUT2D eigenvalue weighted by atomic mass is 10.2. The SMILES string of the molecule is CCOC(=O)CN(CC(=O)OCC)c1ccc(N=Nc2nc3c(Br)cc(Br)cc3s2)c(NC(C)=O)c1. The van der Waals surface area contributed by atoms with Crippen molar-refractivity contribution in [1.82, 2.24) is 4.98 Å². The fourth-order valence-electron chi connectivity index (χ4n) is 3.15. The fraction of sp³-hybridized carbons (Fsp3) is 0.304. The average Bonchev–Trinajstić information content (AvgIpc) is 3.21. The molecule has 0 radical (unpaired) electrons. The van der Waals surface area contributed by atoms with Crippen molar-refractivity contribution in [3.05, 3.63) is 39.3 Å². The molecule has 13 heteroatoms. The van der Waals surface area contributed by atoms with E-state index in [2.05, 4.69) is 52.4 Å². The molecule has 0 aliphatic carbocycles. The zero-order valence-electron chi connectivity index (χ0n) is 19.7. The number of azo groups is 1. The summed E-state index contributed by atoms with van der Waals surface area (Å²) in [5, 5.41) is 11.7. The molecule has 0 saturated heterocycles. The molecular formula is C23H23Br2N5O5S. The molecule has 190 valence electrons. The molecule has 3 aromatic rings. The number of benzene rings is 2. The largest absolute Gasteiger partial charge is 0.465 e. The third-order valence-corrected chi connectivity index (χ3v) is 6.50. The Morgan fingerprint density at radius 3 is 2.31 bits per heavy atom. The minimum atomic E-state index is -0.500. The van der Waals surface area contributed by atoms with E-state index in [9.17, 15) is 14.4 Å². The van der Waals surface area contributed by atoms with E-state index in [1.165, 1.54) is 23.2 Å². The molecule has 0 spiro atoms. The van der Waals surface area contributed by atoms with E-state index in [4.69, 9.17) is 9.47 Å².